The zero-order valence-electron chi connectivity index (χ0n) is 11.4. The number of carboxylic acid groups (broad SMARTS) is 1. The van der Waals surface area contributed by atoms with Crippen molar-refractivity contribution in [3.63, 3.8) is 0 Å². The van der Waals surface area contributed by atoms with E-state index < -0.39 is 5.97 Å². The van der Waals surface area contributed by atoms with Crippen molar-refractivity contribution < 1.29 is 19.4 Å². The summed E-state index contributed by atoms with van der Waals surface area (Å²) in [6.45, 7) is 0. The number of benzene rings is 2. The van der Waals surface area contributed by atoms with Crippen molar-refractivity contribution in [3.05, 3.63) is 59.7 Å². The maximum absolute atomic E-state index is 10.8. The molecule has 2 aromatic rings. The molecule has 0 aliphatic carbocycles. The Hall–Kier alpha value is -2.17. The second-order valence-corrected chi connectivity index (χ2v) is 4.31. The number of carboxylic acids is 1. The van der Waals surface area contributed by atoms with Gasteiger partial charge in [0.05, 0.1) is 5.56 Å². The van der Waals surface area contributed by atoms with Crippen molar-refractivity contribution in [3.8, 4) is 11.1 Å². The molecule has 0 heterocycles. The van der Waals surface area contributed by atoms with Crippen LogP contribution < -0.4 is 0 Å². The van der Waals surface area contributed by atoms with E-state index in [2.05, 4.69) is 0 Å². The average molecular weight is 272 g/mol. The molecule has 20 heavy (non-hydrogen) atoms. The predicted molar refractivity (Wildman–Crippen MR) is 75.6 cm³/mol. The summed E-state index contributed by atoms with van der Waals surface area (Å²) in [5.74, 6) is -0.921. The van der Waals surface area contributed by atoms with Crippen molar-refractivity contribution in [2.24, 2.45) is 0 Å². The largest absolute Gasteiger partial charge is 0.478 e. The molecular formula is C16H16O4. The topological polar surface area (TPSA) is 55.8 Å². The zero-order valence-corrected chi connectivity index (χ0v) is 11.4. The Bertz CT molecular complexity index is 568. The Kier molecular flexibility index (Phi) is 4.50. The van der Waals surface area contributed by atoms with Gasteiger partial charge < -0.3 is 14.6 Å². The lowest BCUT2D eigenvalue weighted by molar-refractivity contribution is -0.106. The molecule has 0 aliphatic heterocycles. The van der Waals surface area contributed by atoms with Crippen LogP contribution in [0.1, 0.15) is 22.2 Å². The molecule has 0 unspecified atom stereocenters. The zero-order chi connectivity index (χ0) is 14.5. The minimum absolute atomic E-state index is 0.282. The molecule has 0 aromatic heterocycles. The van der Waals surface area contributed by atoms with Gasteiger partial charge in [-0.1, -0.05) is 36.4 Å². The Labute approximate surface area is 117 Å². The van der Waals surface area contributed by atoms with Crippen LogP contribution in [0.15, 0.2) is 48.5 Å². The van der Waals surface area contributed by atoms with Gasteiger partial charge in [-0.15, -0.1) is 0 Å². The quantitative estimate of drug-likeness (QED) is 0.848. The molecule has 104 valence electrons. The van der Waals surface area contributed by atoms with Gasteiger partial charge in [0.2, 0.25) is 0 Å². The van der Waals surface area contributed by atoms with Crippen LogP contribution in [0, 0.1) is 0 Å². The average Bonchev–Trinajstić information content (AvgIpc) is 2.49. The third kappa shape index (κ3) is 3.04. The van der Waals surface area contributed by atoms with Gasteiger partial charge in [-0.2, -0.15) is 0 Å². The van der Waals surface area contributed by atoms with E-state index >= 15 is 0 Å². The summed E-state index contributed by atoms with van der Waals surface area (Å²) in [6, 6.07) is 14.5. The van der Waals surface area contributed by atoms with Crippen molar-refractivity contribution >= 4 is 5.97 Å². The van der Waals surface area contributed by atoms with Gasteiger partial charge in [-0.05, 0) is 23.3 Å². The smallest absolute Gasteiger partial charge is 0.335 e. The van der Waals surface area contributed by atoms with Crippen molar-refractivity contribution in [2.45, 2.75) is 6.29 Å². The summed E-state index contributed by atoms with van der Waals surface area (Å²) >= 11 is 0. The molecule has 4 nitrogen and oxygen atoms in total. The highest BCUT2D eigenvalue weighted by Crippen LogP contribution is 2.24. The van der Waals surface area contributed by atoms with Crippen LogP contribution in [0.3, 0.4) is 0 Å². The summed E-state index contributed by atoms with van der Waals surface area (Å²) in [7, 11) is 3.18. The Morgan fingerprint density at radius 3 is 1.75 bits per heavy atom. The van der Waals surface area contributed by atoms with E-state index in [4.69, 9.17) is 14.6 Å². The Morgan fingerprint density at radius 2 is 1.35 bits per heavy atom. The third-order valence-electron chi connectivity index (χ3n) is 3.08. The highest BCUT2D eigenvalue weighted by Gasteiger charge is 2.09. The van der Waals surface area contributed by atoms with Gasteiger partial charge in [0, 0.05) is 19.8 Å². The summed E-state index contributed by atoms with van der Waals surface area (Å²) in [4.78, 5) is 10.8. The number of methoxy groups -OCH3 is 2. The fourth-order valence-electron chi connectivity index (χ4n) is 2.01. The SMILES string of the molecule is COC(OC)c1ccc(-c2ccc(C(=O)O)cc2)cc1. The summed E-state index contributed by atoms with van der Waals surface area (Å²) < 4.78 is 10.4. The maximum Gasteiger partial charge on any atom is 0.335 e. The van der Waals surface area contributed by atoms with E-state index in [1.165, 1.54) is 0 Å². The molecule has 4 heteroatoms. The van der Waals surface area contributed by atoms with E-state index in [0.717, 1.165) is 16.7 Å². The van der Waals surface area contributed by atoms with Crippen LogP contribution in [-0.2, 0) is 9.47 Å². The van der Waals surface area contributed by atoms with Gasteiger partial charge in [0.15, 0.2) is 6.29 Å². The fourth-order valence-corrected chi connectivity index (χ4v) is 2.01. The second kappa shape index (κ2) is 6.32. The van der Waals surface area contributed by atoms with Crippen molar-refractivity contribution in [1.29, 1.82) is 0 Å². The number of rotatable bonds is 5. The van der Waals surface area contributed by atoms with Crippen LogP contribution in [0.2, 0.25) is 0 Å². The second-order valence-electron chi connectivity index (χ2n) is 4.31. The first-order chi connectivity index (χ1) is 9.65. The molecule has 2 aromatic carbocycles. The van der Waals surface area contributed by atoms with Gasteiger partial charge in [0.25, 0.3) is 0 Å². The van der Waals surface area contributed by atoms with E-state index in [-0.39, 0.29) is 11.9 Å². The fraction of sp³-hybridized carbons (Fsp3) is 0.188. The van der Waals surface area contributed by atoms with Gasteiger partial charge >= 0.3 is 5.97 Å². The molecule has 0 saturated heterocycles. The summed E-state index contributed by atoms with van der Waals surface area (Å²) in [5.41, 5.74) is 3.19. The highest BCUT2D eigenvalue weighted by molar-refractivity contribution is 5.88. The standard InChI is InChI=1S/C16H16O4/c1-19-16(20-2)14-9-5-12(6-10-14)11-3-7-13(8-4-11)15(17)18/h3-10,16H,1-2H3,(H,17,18). The molecule has 0 radical (unpaired) electrons. The van der Waals surface area contributed by atoms with Crippen LogP contribution in [-0.4, -0.2) is 25.3 Å². The number of hydrogen-bond donors (Lipinski definition) is 1. The Balaban J connectivity index is 2.23. The molecule has 0 aliphatic rings. The minimum Gasteiger partial charge on any atom is -0.478 e. The number of carbonyl (C=O) groups is 1. The molecule has 0 spiro atoms. The predicted octanol–water partition coefficient (Wildman–Crippen LogP) is 3.34. The Morgan fingerprint density at radius 1 is 0.900 bits per heavy atom. The first-order valence-electron chi connectivity index (χ1n) is 6.15. The maximum atomic E-state index is 10.8. The number of hydrogen-bond acceptors (Lipinski definition) is 3. The first-order valence-corrected chi connectivity index (χ1v) is 6.15. The van der Waals surface area contributed by atoms with E-state index in [0.29, 0.717) is 0 Å². The normalized spacial score (nSPS) is 10.8. The van der Waals surface area contributed by atoms with Gasteiger partial charge in [0.1, 0.15) is 0 Å². The summed E-state index contributed by atoms with van der Waals surface area (Å²) in [5, 5.41) is 8.87. The van der Waals surface area contributed by atoms with Crippen molar-refractivity contribution in [1.82, 2.24) is 0 Å². The minimum atomic E-state index is -0.921. The molecule has 0 saturated carbocycles. The van der Waals surface area contributed by atoms with Crippen LogP contribution >= 0.6 is 0 Å². The lowest BCUT2D eigenvalue weighted by Gasteiger charge is -2.14. The summed E-state index contributed by atoms with van der Waals surface area (Å²) in [6.07, 6.45) is -0.376. The van der Waals surface area contributed by atoms with Crippen LogP contribution in [0.25, 0.3) is 11.1 Å². The van der Waals surface area contributed by atoms with E-state index in [1.807, 2.05) is 24.3 Å². The number of aromatic carboxylic acids is 1. The van der Waals surface area contributed by atoms with E-state index in [9.17, 15) is 4.79 Å². The van der Waals surface area contributed by atoms with Crippen LogP contribution in [0.4, 0.5) is 0 Å². The van der Waals surface area contributed by atoms with Crippen molar-refractivity contribution in [2.75, 3.05) is 14.2 Å². The molecule has 0 atom stereocenters. The third-order valence-corrected chi connectivity index (χ3v) is 3.08. The molecule has 2 rings (SSSR count). The monoisotopic (exact) mass is 272 g/mol. The molecule has 0 fully saturated rings. The molecule has 0 bridgehead atoms. The lowest BCUT2D eigenvalue weighted by Crippen LogP contribution is -2.03. The van der Waals surface area contributed by atoms with E-state index in [1.54, 1.807) is 38.5 Å². The molecule has 1 N–H and O–H groups in total. The highest BCUT2D eigenvalue weighted by atomic mass is 16.7. The van der Waals surface area contributed by atoms with Crippen LogP contribution in [0.5, 0.6) is 0 Å². The first kappa shape index (κ1) is 14.2. The molecule has 0 amide bonds. The number of ether oxygens (including phenoxy) is 2. The molecular weight excluding hydrogens is 256 g/mol. The van der Waals surface area contributed by atoms with Gasteiger partial charge in [-0.25, -0.2) is 4.79 Å². The van der Waals surface area contributed by atoms with Gasteiger partial charge in [-0.3, -0.25) is 0 Å². The lowest BCUT2D eigenvalue weighted by atomic mass is 10.0.